The molecule has 4 rings (SSSR count). The maximum absolute atomic E-state index is 12.4. The molecule has 6 heteroatoms. The number of esters is 1. The molecule has 0 amide bonds. The first-order valence-corrected chi connectivity index (χ1v) is 10.7. The summed E-state index contributed by atoms with van der Waals surface area (Å²) in [5.74, 6) is 0.453. The van der Waals surface area contributed by atoms with Gasteiger partial charge in [0, 0.05) is 25.3 Å². The lowest BCUT2D eigenvalue weighted by Crippen LogP contribution is -2.05. The summed E-state index contributed by atoms with van der Waals surface area (Å²) in [7, 11) is 0. The van der Waals surface area contributed by atoms with Gasteiger partial charge in [-0.15, -0.1) is 0 Å². The van der Waals surface area contributed by atoms with Crippen LogP contribution in [0.2, 0.25) is 5.02 Å². The maximum atomic E-state index is 12.4. The Kier molecular flexibility index (Phi) is 6.20. The van der Waals surface area contributed by atoms with Crippen LogP contribution in [0.3, 0.4) is 0 Å². The van der Waals surface area contributed by atoms with Crippen LogP contribution >= 0.6 is 34.2 Å². The van der Waals surface area contributed by atoms with Gasteiger partial charge < -0.3 is 9.47 Å². The molecule has 3 aromatic carbocycles. The normalized spacial score (nSPS) is 14.6. The SMILES string of the molecule is Cc1cc(C2=N/C(=C\c3ccccc3OCc3ccccc3Cl)C(=O)O2)ccc1I. The van der Waals surface area contributed by atoms with Crippen LogP contribution in [0.1, 0.15) is 22.3 Å². The molecular formula is C24H17ClINO3. The van der Waals surface area contributed by atoms with Gasteiger partial charge in [0.25, 0.3) is 0 Å². The molecule has 3 aromatic rings. The third-order valence-electron chi connectivity index (χ3n) is 4.58. The number of ether oxygens (including phenoxy) is 2. The fourth-order valence-electron chi connectivity index (χ4n) is 2.96. The third-order valence-corrected chi connectivity index (χ3v) is 6.16. The number of halogens is 2. The Labute approximate surface area is 193 Å². The molecule has 0 radical (unpaired) electrons. The van der Waals surface area contributed by atoms with Crippen LogP contribution in [-0.2, 0) is 16.1 Å². The second-order valence-corrected chi connectivity index (χ2v) is 8.29. The number of hydrogen-bond donors (Lipinski definition) is 0. The zero-order valence-electron chi connectivity index (χ0n) is 16.1. The van der Waals surface area contributed by atoms with Crippen molar-refractivity contribution in [3.05, 3.63) is 103 Å². The maximum Gasteiger partial charge on any atom is 0.363 e. The van der Waals surface area contributed by atoms with Gasteiger partial charge in [-0.1, -0.05) is 48.0 Å². The van der Waals surface area contributed by atoms with Crippen molar-refractivity contribution in [1.29, 1.82) is 0 Å². The lowest BCUT2D eigenvalue weighted by atomic mass is 10.1. The molecule has 1 aliphatic rings. The molecule has 0 N–H and O–H groups in total. The monoisotopic (exact) mass is 529 g/mol. The van der Waals surface area contributed by atoms with Crippen molar-refractivity contribution in [3.63, 3.8) is 0 Å². The van der Waals surface area contributed by atoms with E-state index < -0.39 is 5.97 Å². The molecule has 0 unspecified atom stereocenters. The summed E-state index contributed by atoms with van der Waals surface area (Å²) >= 11 is 8.47. The van der Waals surface area contributed by atoms with Gasteiger partial charge in [0.05, 0.1) is 0 Å². The van der Waals surface area contributed by atoms with E-state index in [1.165, 1.54) is 0 Å². The highest BCUT2D eigenvalue weighted by atomic mass is 127. The highest BCUT2D eigenvalue weighted by Crippen LogP contribution is 2.27. The molecule has 1 heterocycles. The fraction of sp³-hybridized carbons (Fsp3) is 0.0833. The van der Waals surface area contributed by atoms with E-state index in [1.807, 2.05) is 73.7 Å². The van der Waals surface area contributed by atoms with Crippen LogP contribution in [0.4, 0.5) is 0 Å². The molecule has 0 aliphatic carbocycles. The first-order valence-electron chi connectivity index (χ1n) is 9.25. The Bertz CT molecular complexity index is 1190. The van der Waals surface area contributed by atoms with E-state index in [-0.39, 0.29) is 5.70 Å². The molecule has 30 heavy (non-hydrogen) atoms. The predicted octanol–water partition coefficient (Wildman–Crippen LogP) is 6.18. The number of hydrogen-bond acceptors (Lipinski definition) is 4. The minimum atomic E-state index is -0.484. The summed E-state index contributed by atoms with van der Waals surface area (Å²) in [6.45, 7) is 2.33. The number of para-hydroxylation sites is 1. The number of benzene rings is 3. The number of rotatable bonds is 5. The summed E-state index contributed by atoms with van der Waals surface area (Å²) in [6.07, 6.45) is 1.68. The minimum absolute atomic E-state index is 0.231. The van der Waals surface area contributed by atoms with Crippen LogP contribution in [0.5, 0.6) is 5.75 Å². The van der Waals surface area contributed by atoms with Crippen molar-refractivity contribution < 1.29 is 14.3 Å². The Morgan fingerprint density at radius 1 is 1.10 bits per heavy atom. The first kappa shape index (κ1) is 20.6. The number of aryl methyl sites for hydroxylation is 1. The van der Waals surface area contributed by atoms with E-state index >= 15 is 0 Å². The summed E-state index contributed by atoms with van der Waals surface area (Å²) in [4.78, 5) is 16.8. The Morgan fingerprint density at radius 2 is 1.87 bits per heavy atom. The minimum Gasteiger partial charge on any atom is -0.488 e. The molecule has 0 atom stereocenters. The first-order chi connectivity index (χ1) is 14.5. The highest BCUT2D eigenvalue weighted by Gasteiger charge is 2.24. The van der Waals surface area contributed by atoms with E-state index in [4.69, 9.17) is 21.1 Å². The van der Waals surface area contributed by atoms with E-state index in [9.17, 15) is 4.79 Å². The largest absolute Gasteiger partial charge is 0.488 e. The molecule has 150 valence electrons. The number of carbonyl (C=O) groups excluding carboxylic acids is 1. The molecule has 0 bridgehead atoms. The Balaban J connectivity index is 1.60. The summed E-state index contributed by atoms with van der Waals surface area (Å²) in [5.41, 5.74) is 3.72. The van der Waals surface area contributed by atoms with Crippen LogP contribution < -0.4 is 4.74 Å². The zero-order valence-corrected chi connectivity index (χ0v) is 19.0. The predicted molar refractivity (Wildman–Crippen MR) is 127 cm³/mol. The van der Waals surface area contributed by atoms with Gasteiger partial charge in [0.1, 0.15) is 12.4 Å². The standard InChI is InChI=1S/C24H17ClINO3/c1-15-12-17(10-11-20(15)26)23-27-21(24(28)30-23)13-16-6-3-5-9-22(16)29-14-18-7-2-4-8-19(18)25/h2-13H,14H2,1H3/b21-13-. The van der Waals surface area contributed by atoms with Crippen molar-refractivity contribution in [3.8, 4) is 5.75 Å². The van der Waals surface area contributed by atoms with Gasteiger partial charge >= 0.3 is 5.97 Å². The number of carbonyl (C=O) groups is 1. The van der Waals surface area contributed by atoms with Crippen LogP contribution in [-0.4, -0.2) is 11.9 Å². The van der Waals surface area contributed by atoms with Crippen molar-refractivity contribution in [2.24, 2.45) is 4.99 Å². The molecular weight excluding hydrogens is 513 g/mol. The second-order valence-electron chi connectivity index (χ2n) is 6.72. The third kappa shape index (κ3) is 4.57. The van der Waals surface area contributed by atoms with Gasteiger partial charge in [0.2, 0.25) is 5.90 Å². The van der Waals surface area contributed by atoms with Gasteiger partial charge in [-0.25, -0.2) is 9.79 Å². The lowest BCUT2D eigenvalue weighted by Gasteiger charge is -2.10. The van der Waals surface area contributed by atoms with Crippen molar-refractivity contribution in [2.75, 3.05) is 0 Å². The van der Waals surface area contributed by atoms with Gasteiger partial charge in [-0.2, -0.15) is 0 Å². The molecule has 1 aliphatic heterocycles. The van der Waals surface area contributed by atoms with Gasteiger partial charge in [-0.3, -0.25) is 0 Å². The average molecular weight is 530 g/mol. The summed E-state index contributed by atoms with van der Waals surface area (Å²) in [6, 6.07) is 20.8. The Morgan fingerprint density at radius 3 is 2.67 bits per heavy atom. The summed E-state index contributed by atoms with van der Waals surface area (Å²) < 4.78 is 12.5. The van der Waals surface area contributed by atoms with E-state index in [1.54, 1.807) is 6.08 Å². The van der Waals surface area contributed by atoms with Crippen molar-refractivity contribution >= 4 is 52.1 Å². The highest BCUT2D eigenvalue weighted by molar-refractivity contribution is 14.1. The van der Waals surface area contributed by atoms with E-state index in [0.717, 1.165) is 25.8 Å². The Hall–Kier alpha value is -2.64. The zero-order chi connectivity index (χ0) is 21.1. The average Bonchev–Trinajstić information content (AvgIpc) is 3.11. The second kappa shape index (κ2) is 9.02. The van der Waals surface area contributed by atoms with Crippen molar-refractivity contribution in [1.82, 2.24) is 0 Å². The smallest absolute Gasteiger partial charge is 0.363 e. The summed E-state index contributed by atoms with van der Waals surface area (Å²) in [5, 5.41) is 0.648. The topological polar surface area (TPSA) is 47.9 Å². The molecule has 0 aromatic heterocycles. The quantitative estimate of drug-likeness (QED) is 0.225. The van der Waals surface area contributed by atoms with Crippen LogP contribution in [0.25, 0.3) is 6.08 Å². The van der Waals surface area contributed by atoms with Crippen LogP contribution in [0, 0.1) is 10.5 Å². The number of aliphatic imine (C=N–C) groups is 1. The van der Waals surface area contributed by atoms with Gasteiger partial charge in [0.15, 0.2) is 5.70 Å². The fourth-order valence-corrected chi connectivity index (χ4v) is 3.49. The molecule has 0 fully saturated rings. The molecule has 4 nitrogen and oxygen atoms in total. The lowest BCUT2D eigenvalue weighted by molar-refractivity contribution is -0.129. The van der Waals surface area contributed by atoms with Crippen LogP contribution in [0.15, 0.2) is 77.4 Å². The molecule has 0 saturated carbocycles. The molecule has 0 saturated heterocycles. The van der Waals surface area contributed by atoms with Crippen molar-refractivity contribution in [2.45, 2.75) is 13.5 Å². The van der Waals surface area contributed by atoms with E-state index in [0.29, 0.717) is 23.3 Å². The molecule has 0 spiro atoms. The van der Waals surface area contributed by atoms with E-state index in [2.05, 4.69) is 27.6 Å². The van der Waals surface area contributed by atoms with Gasteiger partial charge in [-0.05, 0) is 71.5 Å². The number of nitrogens with zero attached hydrogens (tertiary/aromatic N) is 1. The number of cyclic esters (lactones) is 1.